The molecule has 0 unspecified atom stereocenters. The smallest absolute Gasteiger partial charge is 0.257 e. The van der Waals surface area contributed by atoms with E-state index in [9.17, 15) is 14.4 Å². The van der Waals surface area contributed by atoms with Crippen LogP contribution in [0.1, 0.15) is 75.7 Å². The summed E-state index contributed by atoms with van der Waals surface area (Å²) in [7, 11) is 1.90. The van der Waals surface area contributed by atoms with Gasteiger partial charge >= 0.3 is 0 Å². The molecule has 1 aliphatic carbocycles. The van der Waals surface area contributed by atoms with E-state index in [4.69, 9.17) is 27.9 Å². The van der Waals surface area contributed by atoms with Crippen LogP contribution >= 0.6 is 23.2 Å². The summed E-state index contributed by atoms with van der Waals surface area (Å²) in [5, 5.41) is 4.45. The minimum atomic E-state index is -0.400. The third-order valence-electron chi connectivity index (χ3n) is 10.8. The highest BCUT2D eigenvalue weighted by Gasteiger charge is 2.40. The molecule has 2 saturated heterocycles. The van der Waals surface area contributed by atoms with Crippen LogP contribution in [0, 0.1) is 11.3 Å². The van der Waals surface area contributed by atoms with Crippen LogP contribution < -0.4 is 5.32 Å². The number of benzene rings is 2. The normalized spacial score (nSPS) is 23.4. The number of nitrogens with zero attached hydrogens (tertiary/aromatic N) is 4. The van der Waals surface area contributed by atoms with E-state index in [0.29, 0.717) is 53.1 Å². The highest BCUT2D eigenvalue weighted by atomic mass is 35.5. The van der Waals surface area contributed by atoms with Gasteiger partial charge in [-0.2, -0.15) is 0 Å². The Kier molecular flexibility index (Phi) is 11.2. The fourth-order valence-corrected chi connectivity index (χ4v) is 8.29. The van der Waals surface area contributed by atoms with Crippen LogP contribution in [-0.4, -0.2) is 94.5 Å². The first kappa shape index (κ1) is 36.7. The Labute approximate surface area is 306 Å². The Morgan fingerprint density at radius 1 is 0.960 bits per heavy atom. The van der Waals surface area contributed by atoms with Crippen LogP contribution in [0.25, 0.3) is 10.9 Å². The molecule has 1 aromatic heterocycles. The van der Waals surface area contributed by atoms with Crippen LogP contribution in [-0.2, 0) is 27.8 Å². The van der Waals surface area contributed by atoms with Gasteiger partial charge in [0.1, 0.15) is 0 Å². The van der Waals surface area contributed by atoms with Gasteiger partial charge in [-0.25, -0.2) is 0 Å². The van der Waals surface area contributed by atoms with Gasteiger partial charge < -0.3 is 24.4 Å². The number of ether oxygens (including phenoxy) is 1. The molecule has 3 aliphatic rings. The van der Waals surface area contributed by atoms with Crippen molar-refractivity contribution in [1.29, 1.82) is 0 Å². The predicted molar refractivity (Wildman–Crippen MR) is 200 cm³/mol. The number of halogens is 2. The minimum absolute atomic E-state index is 0.0228. The van der Waals surface area contributed by atoms with E-state index < -0.39 is 5.41 Å². The first-order chi connectivity index (χ1) is 23.8. The number of amides is 3. The van der Waals surface area contributed by atoms with Crippen molar-refractivity contribution in [3.63, 3.8) is 0 Å². The standard InChI is InChI=1S/C39H51Cl2N5O4/c1-25-10-12-29(13-11-25)50-24-28-20-27(44-14-16-45(17-15-44)38(49)39(2,3)4)22-46(28)36(47)19-26-18-33(41)34(21-32(26)40)42-37(48)31-23-43(5)35-9-7-6-8-30(31)35/h6-9,18,21,23,25,27-29H,10-17,19-20,22,24H2,1-5H3,(H,42,48)/t25?,27-,28-,29?/m0/s1. The number of fused-ring (bicyclic) bond motifs is 1. The van der Waals surface area contributed by atoms with Gasteiger partial charge in [-0.15, -0.1) is 0 Å². The summed E-state index contributed by atoms with van der Waals surface area (Å²) in [6.45, 7) is 12.3. The molecule has 1 saturated carbocycles. The summed E-state index contributed by atoms with van der Waals surface area (Å²) in [5.74, 6) is 0.612. The van der Waals surface area contributed by atoms with E-state index in [2.05, 4.69) is 17.1 Å². The van der Waals surface area contributed by atoms with Gasteiger partial charge in [0.25, 0.3) is 5.91 Å². The second-order valence-corrected chi connectivity index (χ2v) is 16.4. The summed E-state index contributed by atoms with van der Waals surface area (Å²) in [6.07, 6.45) is 7.43. The van der Waals surface area contributed by atoms with Gasteiger partial charge in [-0.05, 0) is 61.8 Å². The lowest BCUT2D eigenvalue weighted by Crippen LogP contribution is -2.54. The van der Waals surface area contributed by atoms with Crippen LogP contribution in [0.3, 0.4) is 0 Å². The summed E-state index contributed by atoms with van der Waals surface area (Å²) < 4.78 is 8.39. The lowest BCUT2D eigenvalue weighted by atomic mass is 9.89. The number of hydrogen-bond acceptors (Lipinski definition) is 5. The van der Waals surface area contributed by atoms with Crippen LogP contribution in [0.15, 0.2) is 42.6 Å². The molecule has 270 valence electrons. The maximum absolute atomic E-state index is 14.1. The summed E-state index contributed by atoms with van der Waals surface area (Å²) in [5.41, 5.74) is 2.10. The van der Waals surface area contributed by atoms with Crippen molar-refractivity contribution in [2.45, 2.75) is 84.4 Å². The van der Waals surface area contributed by atoms with E-state index in [1.54, 1.807) is 18.3 Å². The SMILES string of the molecule is CC1CCC(OC[C@@H]2C[C@H](N3CCN(C(=O)C(C)(C)C)CC3)CN2C(=O)Cc2cc(Cl)c(NC(=O)c3cn(C)c4ccccc34)cc2Cl)CC1. The average molecular weight is 725 g/mol. The van der Waals surface area contributed by atoms with E-state index in [1.807, 2.05) is 66.5 Å². The fraction of sp³-hybridized carbons (Fsp3) is 0.564. The molecule has 11 heteroatoms. The maximum Gasteiger partial charge on any atom is 0.257 e. The zero-order valence-corrected chi connectivity index (χ0v) is 31.5. The van der Waals surface area contributed by atoms with Gasteiger partial charge in [-0.3, -0.25) is 19.3 Å². The van der Waals surface area contributed by atoms with Crippen LogP contribution in [0.2, 0.25) is 10.0 Å². The summed E-state index contributed by atoms with van der Waals surface area (Å²) in [4.78, 5) is 46.7. The molecule has 3 amide bonds. The summed E-state index contributed by atoms with van der Waals surface area (Å²) >= 11 is 13.5. The molecule has 0 spiro atoms. The number of para-hydroxylation sites is 1. The Morgan fingerprint density at radius 2 is 1.66 bits per heavy atom. The second-order valence-electron chi connectivity index (χ2n) is 15.6. The fourth-order valence-electron chi connectivity index (χ4n) is 7.82. The van der Waals surface area contributed by atoms with Gasteiger partial charge in [0.05, 0.1) is 41.4 Å². The molecule has 50 heavy (non-hydrogen) atoms. The van der Waals surface area contributed by atoms with E-state index in [1.165, 1.54) is 12.8 Å². The molecule has 3 heterocycles. The van der Waals surface area contributed by atoms with E-state index in [-0.39, 0.29) is 42.3 Å². The number of hydrogen-bond donors (Lipinski definition) is 1. The lowest BCUT2D eigenvalue weighted by molar-refractivity contribution is -0.141. The Hall–Kier alpha value is -3.11. The van der Waals surface area contributed by atoms with Crippen molar-refractivity contribution in [3.8, 4) is 0 Å². The number of anilines is 1. The molecule has 2 atom stereocenters. The number of carbonyl (C=O) groups excluding carboxylic acids is 3. The Balaban J connectivity index is 1.13. The van der Waals surface area contributed by atoms with Crippen molar-refractivity contribution >= 4 is 57.5 Å². The first-order valence-electron chi connectivity index (χ1n) is 18.1. The third-order valence-corrected chi connectivity index (χ3v) is 11.5. The Morgan fingerprint density at radius 3 is 2.36 bits per heavy atom. The monoisotopic (exact) mass is 723 g/mol. The van der Waals surface area contributed by atoms with Crippen molar-refractivity contribution in [2.75, 3.05) is 44.6 Å². The van der Waals surface area contributed by atoms with Gasteiger partial charge in [0.2, 0.25) is 11.8 Å². The zero-order valence-electron chi connectivity index (χ0n) is 30.0. The molecular weight excluding hydrogens is 673 g/mol. The quantitative estimate of drug-likeness (QED) is 0.270. The van der Waals surface area contributed by atoms with Gasteiger partial charge in [0, 0.05) is 73.4 Å². The molecule has 6 rings (SSSR count). The molecule has 2 aromatic carbocycles. The topological polar surface area (TPSA) is 87.1 Å². The zero-order chi connectivity index (χ0) is 35.7. The van der Waals surface area contributed by atoms with Crippen molar-refractivity contribution in [3.05, 3.63) is 63.8 Å². The Bertz CT molecular complexity index is 1720. The van der Waals surface area contributed by atoms with Crippen molar-refractivity contribution < 1.29 is 19.1 Å². The number of rotatable bonds is 8. The number of aryl methyl sites for hydroxylation is 1. The molecular formula is C39H51Cl2N5O4. The third kappa shape index (κ3) is 8.17. The maximum atomic E-state index is 14.1. The number of piperazine rings is 1. The second kappa shape index (κ2) is 15.2. The van der Waals surface area contributed by atoms with E-state index >= 15 is 0 Å². The molecule has 2 aliphatic heterocycles. The molecule has 0 radical (unpaired) electrons. The van der Waals surface area contributed by atoms with Crippen molar-refractivity contribution in [2.24, 2.45) is 18.4 Å². The number of likely N-dealkylation sites (tertiary alicyclic amines) is 1. The number of nitrogens with one attached hydrogen (secondary N) is 1. The predicted octanol–water partition coefficient (Wildman–Crippen LogP) is 7.04. The highest BCUT2D eigenvalue weighted by Crippen LogP contribution is 2.33. The van der Waals surface area contributed by atoms with Gasteiger partial charge in [0.15, 0.2) is 0 Å². The highest BCUT2D eigenvalue weighted by molar-refractivity contribution is 6.36. The lowest BCUT2D eigenvalue weighted by Gasteiger charge is -2.40. The van der Waals surface area contributed by atoms with Crippen molar-refractivity contribution in [1.82, 2.24) is 19.3 Å². The molecule has 9 nitrogen and oxygen atoms in total. The first-order valence-corrected chi connectivity index (χ1v) is 18.8. The largest absolute Gasteiger partial charge is 0.376 e. The minimum Gasteiger partial charge on any atom is -0.376 e. The van der Waals surface area contributed by atoms with Gasteiger partial charge in [-0.1, -0.05) is 69.1 Å². The molecule has 3 fully saturated rings. The molecule has 3 aromatic rings. The van der Waals surface area contributed by atoms with E-state index in [0.717, 1.165) is 49.2 Å². The van der Waals surface area contributed by atoms with Crippen LogP contribution in [0.5, 0.6) is 0 Å². The van der Waals surface area contributed by atoms with Crippen LogP contribution in [0.4, 0.5) is 5.69 Å². The molecule has 0 bridgehead atoms. The average Bonchev–Trinajstić information content (AvgIpc) is 3.67. The number of carbonyl (C=O) groups is 3. The summed E-state index contributed by atoms with van der Waals surface area (Å²) in [6, 6.07) is 11.2. The molecule has 1 N–H and O–H groups in total. The number of aromatic nitrogens is 1.